The summed E-state index contributed by atoms with van der Waals surface area (Å²) in [6, 6.07) is 18.0. The fraction of sp³-hybridized carbons (Fsp3) is 0.278. The van der Waals surface area contributed by atoms with Crippen molar-refractivity contribution < 1.29 is 15.0 Å². The normalized spacial score (nSPS) is 12.0. The van der Waals surface area contributed by atoms with E-state index in [-0.39, 0.29) is 6.42 Å². The molecule has 0 aliphatic heterocycles. The molecule has 3 heteroatoms. The van der Waals surface area contributed by atoms with Crippen LogP contribution in [0, 0.1) is 0 Å². The van der Waals surface area contributed by atoms with Gasteiger partial charge in [-0.25, -0.2) is 0 Å². The van der Waals surface area contributed by atoms with E-state index in [1.807, 2.05) is 42.5 Å². The average molecular weight is 284 g/mol. The van der Waals surface area contributed by atoms with Crippen LogP contribution in [0.2, 0.25) is 0 Å². The highest BCUT2D eigenvalue weighted by atomic mass is 16.4. The number of aliphatic hydroxyl groups is 1. The van der Waals surface area contributed by atoms with Crippen LogP contribution >= 0.6 is 0 Å². The summed E-state index contributed by atoms with van der Waals surface area (Å²) in [4.78, 5) is 10.4. The number of benzene rings is 2. The summed E-state index contributed by atoms with van der Waals surface area (Å²) in [5.74, 6) is -0.781. The maximum Gasteiger partial charge on any atom is 0.303 e. The number of carbonyl (C=O) groups is 1. The molecule has 0 aliphatic carbocycles. The smallest absolute Gasteiger partial charge is 0.303 e. The summed E-state index contributed by atoms with van der Waals surface area (Å²) >= 11 is 0. The third-order valence-electron chi connectivity index (χ3n) is 3.52. The van der Waals surface area contributed by atoms with Crippen LogP contribution in [0.4, 0.5) is 0 Å². The number of carboxylic acids is 1. The minimum absolute atomic E-state index is 0.166. The molecule has 3 nitrogen and oxygen atoms in total. The third kappa shape index (κ3) is 4.72. The zero-order valence-electron chi connectivity index (χ0n) is 11.9. The van der Waals surface area contributed by atoms with Gasteiger partial charge in [0.15, 0.2) is 0 Å². The number of aliphatic hydroxyl groups excluding tert-OH is 1. The Morgan fingerprint density at radius 3 is 2.14 bits per heavy atom. The van der Waals surface area contributed by atoms with E-state index in [1.54, 1.807) is 0 Å². The molecule has 0 saturated carbocycles. The van der Waals surface area contributed by atoms with E-state index >= 15 is 0 Å². The summed E-state index contributed by atoms with van der Waals surface area (Å²) in [6.07, 6.45) is 1.56. The van der Waals surface area contributed by atoms with E-state index in [1.165, 1.54) is 0 Å². The van der Waals surface area contributed by atoms with Crippen molar-refractivity contribution >= 4 is 5.97 Å². The van der Waals surface area contributed by atoms with Crippen LogP contribution in [0.5, 0.6) is 0 Å². The van der Waals surface area contributed by atoms with E-state index in [4.69, 9.17) is 5.11 Å². The van der Waals surface area contributed by atoms with Gasteiger partial charge in [0.25, 0.3) is 0 Å². The summed E-state index contributed by atoms with van der Waals surface area (Å²) in [5.41, 5.74) is 3.16. The second-order valence-corrected chi connectivity index (χ2v) is 5.14. The quantitative estimate of drug-likeness (QED) is 0.755. The largest absolute Gasteiger partial charge is 0.481 e. The Morgan fingerprint density at radius 1 is 0.905 bits per heavy atom. The lowest BCUT2D eigenvalue weighted by Crippen LogP contribution is -1.99. The van der Waals surface area contributed by atoms with E-state index in [0.717, 1.165) is 16.7 Å². The van der Waals surface area contributed by atoms with E-state index in [0.29, 0.717) is 19.3 Å². The first-order valence-corrected chi connectivity index (χ1v) is 7.22. The first kappa shape index (κ1) is 15.3. The van der Waals surface area contributed by atoms with Crippen LogP contribution in [0.1, 0.15) is 37.4 Å². The SMILES string of the molecule is O=C(O)CCCC[C@@H](O)c1ccc(-c2ccccc2)cc1. The molecule has 110 valence electrons. The minimum atomic E-state index is -0.781. The van der Waals surface area contributed by atoms with Gasteiger partial charge in [-0.1, -0.05) is 54.6 Å². The van der Waals surface area contributed by atoms with Gasteiger partial charge in [0.2, 0.25) is 0 Å². The molecular formula is C18H20O3. The topological polar surface area (TPSA) is 57.5 Å². The molecule has 0 aliphatic rings. The molecule has 1 atom stereocenters. The highest BCUT2D eigenvalue weighted by Gasteiger charge is 2.08. The molecule has 2 aromatic carbocycles. The number of hydrogen-bond acceptors (Lipinski definition) is 2. The Labute approximate surface area is 124 Å². The minimum Gasteiger partial charge on any atom is -0.481 e. The summed E-state index contributed by atoms with van der Waals surface area (Å²) in [7, 11) is 0. The van der Waals surface area contributed by atoms with Gasteiger partial charge in [0, 0.05) is 6.42 Å². The standard InChI is InChI=1S/C18H20O3/c19-17(8-4-5-9-18(20)21)16-12-10-15(11-13-16)14-6-2-1-3-7-14/h1-3,6-7,10-13,17,19H,4-5,8-9H2,(H,20,21)/t17-/m1/s1. The fourth-order valence-corrected chi connectivity index (χ4v) is 2.31. The van der Waals surface area contributed by atoms with Crippen LogP contribution < -0.4 is 0 Å². The molecule has 0 aromatic heterocycles. The lowest BCUT2D eigenvalue weighted by Gasteiger charge is -2.11. The number of unbranched alkanes of at least 4 members (excludes halogenated alkanes) is 1. The first-order valence-electron chi connectivity index (χ1n) is 7.22. The number of rotatable bonds is 7. The third-order valence-corrected chi connectivity index (χ3v) is 3.52. The van der Waals surface area contributed by atoms with Crippen LogP contribution in [-0.4, -0.2) is 16.2 Å². The van der Waals surface area contributed by atoms with Gasteiger partial charge in [-0.2, -0.15) is 0 Å². The molecule has 0 radical (unpaired) electrons. The zero-order chi connectivity index (χ0) is 15.1. The van der Waals surface area contributed by atoms with Crippen molar-refractivity contribution in [3.05, 3.63) is 60.2 Å². The highest BCUT2D eigenvalue weighted by Crippen LogP contribution is 2.24. The van der Waals surface area contributed by atoms with Crippen LogP contribution in [0.3, 0.4) is 0 Å². The van der Waals surface area contributed by atoms with Crippen LogP contribution in [0.25, 0.3) is 11.1 Å². The molecule has 0 saturated heterocycles. The van der Waals surface area contributed by atoms with Gasteiger partial charge in [-0.3, -0.25) is 4.79 Å². The maximum absolute atomic E-state index is 10.4. The molecule has 21 heavy (non-hydrogen) atoms. The van der Waals surface area contributed by atoms with Crippen LogP contribution in [-0.2, 0) is 4.79 Å². The Bertz CT molecular complexity index is 561. The zero-order valence-corrected chi connectivity index (χ0v) is 11.9. The molecular weight excluding hydrogens is 264 g/mol. The average Bonchev–Trinajstić information content (AvgIpc) is 2.52. The van der Waals surface area contributed by atoms with Crippen molar-refractivity contribution in [1.82, 2.24) is 0 Å². The van der Waals surface area contributed by atoms with Crippen molar-refractivity contribution in [2.24, 2.45) is 0 Å². The molecule has 0 amide bonds. The summed E-state index contributed by atoms with van der Waals surface area (Å²) in [5, 5.41) is 18.7. The van der Waals surface area contributed by atoms with Gasteiger partial charge < -0.3 is 10.2 Å². The Morgan fingerprint density at radius 2 is 1.52 bits per heavy atom. The Kier molecular flexibility index (Phi) is 5.52. The first-order chi connectivity index (χ1) is 10.2. The summed E-state index contributed by atoms with van der Waals surface area (Å²) in [6.45, 7) is 0. The fourth-order valence-electron chi connectivity index (χ4n) is 2.31. The lowest BCUT2D eigenvalue weighted by molar-refractivity contribution is -0.137. The van der Waals surface area contributed by atoms with E-state index < -0.39 is 12.1 Å². The van der Waals surface area contributed by atoms with Crippen molar-refractivity contribution in [3.63, 3.8) is 0 Å². The number of hydrogen-bond donors (Lipinski definition) is 2. The molecule has 0 fully saturated rings. The van der Waals surface area contributed by atoms with Crippen LogP contribution in [0.15, 0.2) is 54.6 Å². The predicted octanol–water partition coefficient (Wildman–Crippen LogP) is 4.03. The molecule has 2 N–H and O–H groups in total. The van der Waals surface area contributed by atoms with Crippen molar-refractivity contribution in [2.75, 3.05) is 0 Å². The molecule has 0 spiro atoms. The monoisotopic (exact) mass is 284 g/mol. The van der Waals surface area contributed by atoms with E-state index in [2.05, 4.69) is 12.1 Å². The van der Waals surface area contributed by atoms with Gasteiger partial charge >= 0.3 is 5.97 Å². The Hall–Kier alpha value is -2.13. The van der Waals surface area contributed by atoms with Crippen molar-refractivity contribution in [1.29, 1.82) is 0 Å². The van der Waals surface area contributed by atoms with Crippen molar-refractivity contribution in [2.45, 2.75) is 31.8 Å². The van der Waals surface area contributed by atoms with Gasteiger partial charge in [0.05, 0.1) is 6.10 Å². The maximum atomic E-state index is 10.4. The van der Waals surface area contributed by atoms with Gasteiger partial charge in [-0.15, -0.1) is 0 Å². The number of aliphatic carboxylic acids is 1. The molecule has 2 rings (SSSR count). The van der Waals surface area contributed by atoms with Gasteiger partial charge in [0.1, 0.15) is 0 Å². The summed E-state index contributed by atoms with van der Waals surface area (Å²) < 4.78 is 0. The highest BCUT2D eigenvalue weighted by molar-refractivity contribution is 5.66. The molecule has 2 aromatic rings. The Balaban J connectivity index is 1.91. The second kappa shape index (κ2) is 7.60. The molecule has 0 heterocycles. The second-order valence-electron chi connectivity index (χ2n) is 5.14. The molecule has 0 unspecified atom stereocenters. The lowest BCUT2D eigenvalue weighted by atomic mass is 9.99. The van der Waals surface area contributed by atoms with Crippen molar-refractivity contribution in [3.8, 4) is 11.1 Å². The van der Waals surface area contributed by atoms with E-state index in [9.17, 15) is 9.90 Å². The van der Waals surface area contributed by atoms with Gasteiger partial charge in [-0.05, 0) is 36.0 Å². The molecule has 0 bridgehead atoms. The number of carboxylic acid groups (broad SMARTS) is 1. The predicted molar refractivity (Wildman–Crippen MR) is 82.9 cm³/mol.